The molecule has 1 aromatic rings. The third kappa shape index (κ3) is 3.42. The van der Waals surface area contributed by atoms with E-state index in [0.717, 1.165) is 0 Å². The van der Waals surface area contributed by atoms with Crippen LogP contribution in [0.3, 0.4) is 0 Å². The van der Waals surface area contributed by atoms with Crippen LogP contribution in [0, 0.1) is 0 Å². The second kappa shape index (κ2) is 5.62. The molecule has 2 N–H and O–H groups in total. The number of hydrogen-bond acceptors (Lipinski definition) is 6. The highest BCUT2D eigenvalue weighted by Gasteiger charge is 2.18. The maximum Gasteiger partial charge on any atom is 0.318 e. The van der Waals surface area contributed by atoms with E-state index in [1.54, 1.807) is 25.9 Å². The van der Waals surface area contributed by atoms with Crippen LogP contribution >= 0.6 is 0 Å². The molecule has 7 nitrogen and oxygen atoms in total. The number of aromatic nitrogens is 2. The van der Waals surface area contributed by atoms with E-state index in [1.165, 1.54) is 4.90 Å². The van der Waals surface area contributed by atoms with E-state index < -0.39 is 0 Å². The van der Waals surface area contributed by atoms with Crippen LogP contribution in [-0.2, 0) is 4.79 Å². The Labute approximate surface area is 101 Å². The molecule has 0 saturated heterocycles. The number of likely N-dealkylation sites (N-methyl/N-ethyl adjacent to an activating group) is 2. The van der Waals surface area contributed by atoms with Gasteiger partial charge in [-0.3, -0.25) is 4.79 Å². The molecule has 0 saturated carbocycles. The van der Waals surface area contributed by atoms with Crippen LogP contribution in [0.15, 0.2) is 4.42 Å². The number of hydrogen-bond donors (Lipinski definition) is 1. The van der Waals surface area contributed by atoms with Crippen molar-refractivity contribution in [2.75, 3.05) is 32.1 Å². The molecule has 0 radical (unpaired) electrons. The first kappa shape index (κ1) is 13.4. The number of nitrogens with zero attached hydrogens (tertiary/aromatic N) is 4. The van der Waals surface area contributed by atoms with Crippen molar-refractivity contribution in [1.29, 1.82) is 0 Å². The maximum atomic E-state index is 11.6. The maximum absolute atomic E-state index is 11.6. The van der Waals surface area contributed by atoms with Crippen molar-refractivity contribution < 1.29 is 9.21 Å². The molecule has 0 aliphatic heterocycles. The Balaban J connectivity index is 2.75. The molecular weight excluding hydrogens is 222 g/mol. The molecule has 1 unspecified atom stereocenters. The van der Waals surface area contributed by atoms with E-state index in [4.69, 9.17) is 10.2 Å². The fourth-order valence-corrected chi connectivity index (χ4v) is 1.16. The van der Waals surface area contributed by atoms with Gasteiger partial charge in [-0.1, -0.05) is 5.10 Å². The van der Waals surface area contributed by atoms with Crippen LogP contribution in [0.25, 0.3) is 0 Å². The van der Waals surface area contributed by atoms with Crippen LogP contribution in [0.5, 0.6) is 0 Å². The number of carbonyl (C=O) groups is 1. The number of amides is 1. The van der Waals surface area contributed by atoms with Crippen molar-refractivity contribution in [3.05, 3.63) is 5.89 Å². The molecule has 1 amide bonds. The molecule has 0 fully saturated rings. The third-order valence-corrected chi connectivity index (χ3v) is 2.30. The fraction of sp³-hybridized carbons (Fsp3) is 0.700. The molecule has 1 rings (SSSR count). The van der Waals surface area contributed by atoms with Gasteiger partial charge in [0.1, 0.15) is 6.54 Å². The van der Waals surface area contributed by atoms with Crippen molar-refractivity contribution >= 4 is 11.9 Å². The molecule has 0 aliphatic carbocycles. The Morgan fingerprint density at radius 1 is 1.47 bits per heavy atom. The van der Waals surface area contributed by atoms with Gasteiger partial charge in [0.05, 0.1) is 6.04 Å². The molecule has 0 spiro atoms. The summed E-state index contributed by atoms with van der Waals surface area (Å²) in [6.45, 7) is 4.50. The van der Waals surface area contributed by atoms with Gasteiger partial charge in [0.2, 0.25) is 11.8 Å². The lowest BCUT2D eigenvalue weighted by Gasteiger charge is -2.19. The molecule has 0 bridgehead atoms. The molecule has 7 heteroatoms. The van der Waals surface area contributed by atoms with Gasteiger partial charge in [0, 0.05) is 20.6 Å². The Morgan fingerprint density at radius 3 is 2.53 bits per heavy atom. The van der Waals surface area contributed by atoms with Crippen molar-refractivity contribution in [3.8, 4) is 0 Å². The minimum absolute atomic E-state index is 0.0209. The Hall–Kier alpha value is -1.63. The van der Waals surface area contributed by atoms with Crippen LogP contribution < -0.4 is 10.6 Å². The second-order valence-corrected chi connectivity index (χ2v) is 4.01. The Bertz CT molecular complexity index is 375. The summed E-state index contributed by atoms with van der Waals surface area (Å²) in [5.74, 6) is 0.350. The summed E-state index contributed by atoms with van der Waals surface area (Å²) in [6.07, 6.45) is 0. The average molecular weight is 241 g/mol. The zero-order chi connectivity index (χ0) is 13.0. The molecule has 0 aromatic carbocycles. The summed E-state index contributed by atoms with van der Waals surface area (Å²) in [6, 6.07) is 0.0227. The van der Waals surface area contributed by atoms with Crippen LogP contribution in [0.1, 0.15) is 25.8 Å². The highest BCUT2D eigenvalue weighted by molar-refractivity contribution is 5.80. The van der Waals surface area contributed by atoms with Gasteiger partial charge in [-0.2, -0.15) is 0 Å². The smallest absolute Gasteiger partial charge is 0.318 e. The predicted molar refractivity (Wildman–Crippen MR) is 63.5 cm³/mol. The summed E-state index contributed by atoms with van der Waals surface area (Å²) in [5.41, 5.74) is 5.63. The quantitative estimate of drug-likeness (QED) is 0.780. The lowest BCUT2D eigenvalue weighted by molar-refractivity contribution is -0.127. The van der Waals surface area contributed by atoms with Gasteiger partial charge in [-0.05, 0) is 13.8 Å². The van der Waals surface area contributed by atoms with Gasteiger partial charge in [0.15, 0.2) is 0 Å². The van der Waals surface area contributed by atoms with E-state index in [0.29, 0.717) is 18.5 Å². The van der Waals surface area contributed by atoms with Gasteiger partial charge in [-0.15, -0.1) is 5.10 Å². The van der Waals surface area contributed by atoms with Crippen LogP contribution in [0.4, 0.5) is 6.01 Å². The van der Waals surface area contributed by atoms with E-state index in [2.05, 4.69) is 10.2 Å². The molecule has 1 heterocycles. The van der Waals surface area contributed by atoms with E-state index in [1.807, 2.05) is 6.92 Å². The predicted octanol–water partition coefficient (Wildman–Crippen LogP) is 0.00380. The van der Waals surface area contributed by atoms with Crippen molar-refractivity contribution in [2.45, 2.75) is 19.9 Å². The van der Waals surface area contributed by atoms with Gasteiger partial charge in [-0.25, -0.2) is 0 Å². The molecule has 17 heavy (non-hydrogen) atoms. The summed E-state index contributed by atoms with van der Waals surface area (Å²) >= 11 is 0. The van der Waals surface area contributed by atoms with Gasteiger partial charge < -0.3 is 20.0 Å². The highest BCUT2D eigenvalue weighted by Crippen LogP contribution is 2.15. The third-order valence-electron chi connectivity index (χ3n) is 2.30. The van der Waals surface area contributed by atoms with Gasteiger partial charge in [0.25, 0.3) is 0 Å². The topological polar surface area (TPSA) is 88.5 Å². The highest BCUT2D eigenvalue weighted by atomic mass is 16.4. The van der Waals surface area contributed by atoms with Crippen LogP contribution in [-0.4, -0.2) is 48.2 Å². The first-order valence-electron chi connectivity index (χ1n) is 5.49. The normalized spacial score (nSPS) is 12.3. The first-order chi connectivity index (χ1) is 7.95. The van der Waals surface area contributed by atoms with Crippen molar-refractivity contribution in [3.63, 3.8) is 0 Å². The standard InChI is InChI=1S/C10H19N5O2/c1-5-15(6-8(16)14(3)4)10-13-12-9(17-10)7(2)11/h7H,5-6,11H2,1-4H3. The van der Waals surface area contributed by atoms with Crippen LogP contribution in [0.2, 0.25) is 0 Å². The number of nitrogens with two attached hydrogens (primary N) is 1. The van der Waals surface area contributed by atoms with Crippen molar-refractivity contribution in [1.82, 2.24) is 15.1 Å². The number of carbonyl (C=O) groups excluding carboxylic acids is 1. The Morgan fingerprint density at radius 2 is 2.12 bits per heavy atom. The molecule has 96 valence electrons. The summed E-state index contributed by atoms with van der Waals surface area (Å²) < 4.78 is 5.39. The van der Waals surface area contributed by atoms with Crippen molar-refractivity contribution in [2.24, 2.45) is 5.73 Å². The summed E-state index contributed by atoms with van der Waals surface area (Å²) in [5, 5.41) is 7.71. The number of rotatable bonds is 5. The minimum Gasteiger partial charge on any atom is -0.406 e. The van der Waals surface area contributed by atoms with E-state index >= 15 is 0 Å². The van der Waals surface area contributed by atoms with E-state index in [-0.39, 0.29) is 18.5 Å². The molecule has 1 aromatic heterocycles. The summed E-state index contributed by atoms with van der Waals surface area (Å²) in [4.78, 5) is 14.8. The fourth-order valence-electron chi connectivity index (χ4n) is 1.16. The molecule has 1 atom stereocenters. The zero-order valence-corrected chi connectivity index (χ0v) is 10.7. The van der Waals surface area contributed by atoms with E-state index in [9.17, 15) is 4.79 Å². The molecular formula is C10H19N5O2. The summed E-state index contributed by atoms with van der Waals surface area (Å²) in [7, 11) is 3.41. The number of anilines is 1. The SMILES string of the molecule is CCN(CC(=O)N(C)C)c1nnc(C(C)N)o1. The average Bonchev–Trinajstić information content (AvgIpc) is 2.74. The first-order valence-corrected chi connectivity index (χ1v) is 5.49. The zero-order valence-electron chi connectivity index (χ0n) is 10.7. The lowest BCUT2D eigenvalue weighted by Crippen LogP contribution is -2.36. The largest absolute Gasteiger partial charge is 0.406 e. The van der Waals surface area contributed by atoms with Gasteiger partial charge >= 0.3 is 6.01 Å². The lowest BCUT2D eigenvalue weighted by atomic mass is 10.4. The Kier molecular flexibility index (Phi) is 4.45. The monoisotopic (exact) mass is 241 g/mol. The second-order valence-electron chi connectivity index (χ2n) is 4.01. The minimum atomic E-state index is -0.306. The molecule has 0 aliphatic rings.